The van der Waals surface area contributed by atoms with Crippen LogP contribution in [0.15, 0.2) is 18.2 Å². The zero-order valence-electron chi connectivity index (χ0n) is 12.9. The van der Waals surface area contributed by atoms with Gasteiger partial charge in [0.05, 0.1) is 0 Å². The van der Waals surface area contributed by atoms with E-state index in [1.54, 1.807) is 0 Å². The molecule has 3 nitrogen and oxygen atoms in total. The average Bonchev–Trinajstić information content (AvgIpc) is 2.63. The van der Waals surface area contributed by atoms with E-state index in [1.807, 2.05) is 13.0 Å². The van der Waals surface area contributed by atoms with Crippen LogP contribution in [0.2, 0.25) is 0 Å². The van der Waals surface area contributed by atoms with Crippen molar-refractivity contribution in [1.29, 1.82) is 5.41 Å². The van der Waals surface area contributed by atoms with Crippen molar-refractivity contribution in [3.63, 3.8) is 0 Å². The molecule has 0 radical (unpaired) electrons. The van der Waals surface area contributed by atoms with E-state index in [9.17, 15) is 0 Å². The molecule has 0 aliphatic carbocycles. The first-order valence-electron chi connectivity index (χ1n) is 7.69. The fraction of sp³-hybridized carbons (Fsp3) is 0.588. The lowest BCUT2D eigenvalue weighted by molar-refractivity contribution is 0.351. The van der Waals surface area contributed by atoms with Crippen LogP contribution in [0.1, 0.15) is 44.2 Å². The number of anilines is 1. The maximum atomic E-state index is 7.56. The summed E-state index contributed by atoms with van der Waals surface area (Å²) in [6.45, 7) is 9.00. The molecule has 3 heteroatoms. The maximum Gasteiger partial charge on any atom is 0.123 e. The Morgan fingerprint density at radius 2 is 2.05 bits per heavy atom. The fourth-order valence-electron chi connectivity index (χ4n) is 3.19. The van der Waals surface area contributed by atoms with Crippen LogP contribution in [0.25, 0.3) is 0 Å². The number of nitrogens with one attached hydrogen (secondary N) is 1. The molecule has 3 N–H and O–H groups in total. The molecule has 1 aliphatic rings. The third-order valence-corrected chi connectivity index (χ3v) is 4.58. The van der Waals surface area contributed by atoms with Gasteiger partial charge in [0.15, 0.2) is 0 Å². The highest BCUT2D eigenvalue weighted by Gasteiger charge is 2.20. The summed E-state index contributed by atoms with van der Waals surface area (Å²) >= 11 is 0. The molecule has 1 atom stereocenters. The van der Waals surface area contributed by atoms with Crippen molar-refractivity contribution in [3.8, 4) is 0 Å². The molecule has 1 unspecified atom stereocenters. The minimum absolute atomic E-state index is 0.157. The summed E-state index contributed by atoms with van der Waals surface area (Å²) in [5, 5.41) is 7.56. The monoisotopic (exact) mass is 273 g/mol. The first-order chi connectivity index (χ1) is 9.49. The van der Waals surface area contributed by atoms with Gasteiger partial charge in [0, 0.05) is 24.3 Å². The predicted octanol–water partition coefficient (Wildman–Crippen LogP) is 3.54. The van der Waals surface area contributed by atoms with Gasteiger partial charge in [0.25, 0.3) is 0 Å². The standard InChI is InChI=1S/C17H27N3/c1-12(2)14-5-4-9-20(10-8-14)15-6-7-16(17(18)19)13(3)11-15/h6-7,11-12,14H,4-5,8-10H2,1-3H3,(H3,18,19). The van der Waals surface area contributed by atoms with Crippen molar-refractivity contribution in [2.75, 3.05) is 18.0 Å². The highest BCUT2D eigenvalue weighted by atomic mass is 15.1. The number of aryl methyl sites for hydroxylation is 1. The number of rotatable bonds is 3. The predicted molar refractivity (Wildman–Crippen MR) is 86.6 cm³/mol. The summed E-state index contributed by atoms with van der Waals surface area (Å²) in [4.78, 5) is 2.49. The van der Waals surface area contributed by atoms with Gasteiger partial charge >= 0.3 is 0 Å². The van der Waals surface area contributed by atoms with Gasteiger partial charge in [0.1, 0.15) is 5.84 Å². The minimum Gasteiger partial charge on any atom is -0.384 e. The number of nitrogens with zero attached hydrogens (tertiary/aromatic N) is 1. The Balaban J connectivity index is 2.12. The van der Waals surface area contributed by atoms with E-state index in [-0.39, 0.29) is 5.84 Å². The maximum absolute atomic E-state index is 7.56. The Bertz CT molecular complexity index is 479. The molecule has 0 spiro atoms. The number of benzene rings is 1. The van der Waals surface area contributed by atoms with Gasteiger partial charge in [-0.25, -0.2) is 0 Å². The van der Waals surface area contributed by atoms with Crippen LogP contribution in [-0.4, -0.2) is 18.9 Å². The van der Waals surface area contributed by atoms with Gasteiger partial charge in [-0.15, -0.1) is 0 Å². The summed E-state index contributed by atoms with van der Waals surface area (Å²) in [5.41, 5.74) is 8.81. The largest absolute Gasteiger partial charge is 0.384 e. The molecular formula is C17H27N3. The van der Waals surface area contributed by atoms with Crippen molar-refractivity contribution in [3.05, 3.63) is 29.3 Å². The average molecular weight is 273 g/mol. The molecule has 1 aromatic carbocycles. The van der Waals surface area contributed by atoms with Gasteiger partial charge in [0.2, 0.25) is 0 Å². The molecule has 20 heavy (non-hydrogen) atoms. The molecule has 0 bridgehead atoms. The van der Waals surface area contributed by atoms with Gasteiger partial charge < -0.3 is 10.6 Å². The minimum atomic E-state index is 0.157. The summed E-state index contributed by atoms with van der Waals surface area (Å²) in [6, 6.07) is 6.27. The summed E-state index contributed by atoms with van der Waals surface area (Å²) in [6.07, 6.45) is 3.90. The Hall–Kier alpha value is -1.51. The number of nitrogen functional groups attached to an aromatic ring is 1. The molecule has 1 fully saturated rings. The van der Waals surface area contributed by atoms with E-state index in [0.29, 0.717) is 0 Å². The van der Waals surface area contributed by atoms with Gasteiger partial charge in [-0.2, -0.15) is 0 Å². The fourth-order valence-corrected chi connectivity index (χ4v) is 3.19. The Morgan fingerprint density at radius 3 is 2.65 bits per heavy atom. The Labute approximate surface area is 122 Å². The third kappa shape index (κ3) is 3.33. The normalized spacial score (nSPS) is 20.0. The quantitative estimate of drug-likeness (QED) is 0.653. The second-order valence-corrected chi connectivity index (χ2v) is 6.33. The van der Waals surface area contributed by atoms with E-state index in [1.165, 1.54) is 24.9 Å². The second-order valence-electron chi connectivity index (χ2n) is 6.33. The van der Waals surface area contributed by atoms with Crippen molar-refractivity contribution in [2.45, 2.75) is 40.0 Å². The van der Waals surface area contributed by atoms with E-state index >= 15 is 0 Å². The molecule has 110 valence electrons. The SMILES string of the molecule is Cc1cc(N2CCCC(C(C)C)CC2)ccc1C(=N)N. The highest BCUT2D eigenvalue weighted by molar-refractivity contribution is 5.96. The van der Waals surface area contributed by atoms with E-state index in [4.69, 9.17) is 11.1 Å². The Morgan fingerprint density at radius 1 is 1.30 bits per heavy atom. The van der Waals surface area contributed by atoms with Crippen LogP contribution in [0.3, 0.4) is 0 Å². The van der Waals surface area contributed by atoms with Crippen LogP contribution in [0.4, 0.5) is 5.69 Å². The van der Waals surface area contributed by atoms with Gasteiger partial charge in [-0.05, 0) is 61.8 Å². The summed E-state index contributed by atoms with van der Waals surface area (Å²) < 4.78 is 0. The van der Waals surface area contributed by atoms with Crippen molar-refractivity contribution in [1.82, 2.24) is 0 Å². The van der Waals surface area contributed by atoms with Crippen LogP contribution in [0.5, 0.6) is 0 Å². The zero-order chi connectivity index (χ0) is 14.7. The molecule has 0 aromatic heterocycles. The first kappa shape index (κ1) is 14.9. The third-order valence-electron chi connectivity index (χ3n) is 4.58. The van der Waals surface area contributed by atoms with Crippen LogP contribution in [-0.2, 0) is 0 Å². The van der Waals surface area contributed by atoms with Gasteiger partial charge in [-0.1, -0.05) is 13.8 Å². The molecule has 0 amide bonds. The van der Waals surface area contributed by atoms with Crippen molar-refractivity contribution >= 4 is 11.5 Å². The molecule has 1 aliphatic heterocycles. The van der Waals surface area contributed by atoms with E-state index in [0.717, 1.165) is 36.1 Å². The number of amidine groups is 1. The summed E-state index contributed by atoms with van der Waals surface area (Å²) in [7, 11) is 0. The van der Waals surface area contributed by atoms with E-state index < -0.39 is 0 Å². The molecule has 1 saturated heterocycles. The van der Waals surface area contributed by atoms with Crippen LogP contribution in [0, 0.1) is 24.2 Å². The molecule has 2 rings (SSSR count). The molecule has 1 heterocycles. The number of hydrogen-bond donors (Lipinski definition) is 2. The lowest BCUT2D eigenvalue weighted by atomic mass is 9.89. The summed E-state index contributed by atoms with van der Waals surface area (Å²) in [5.74, 6) is 1.80. The second kappa shape index (κ2) is 6.29. The van der Waals surface area contributed by atoms with E-state index in [2.05, 4.69) is 30.9 Å². The lowest BCUT2D eigenvalue weighted by Gasteiger charge is -2.24. The van der Waals surface area contributed by atoms with Crippen LogP contribution >= 0.6 is 0 Å². The lowest BCUT2D eigenvalue weighted by Crippen LogP contribution is -2.25. The smallest absolute Gasteiger partial charge is 0.123 e. The Kier molecular flexibility index (Phi) is 4.69. The number of nitrogens with two attached hydrogens (primary N) is 1. The van der Waals surface area contributed by atoms with Crippen molar-refractivity contribution < 1.29 is 0 Å². The van der Waals surface area contributed by atoms with Crippen LogP contribution < -0.4 is 10.6 Å². The number of hydrogen-bond acceptors (Lipinski definition) is 2. The highest BCUT2D eigenvalue weighted by Crippen LogP contribution is 2.28. The zero-order valence-corrected chi connectivity index (χ0v) is 12.9. The molecular weight excluding hydrogens is 246 g/mol. The molecule has 0 saturated carbocycles. The van der Waals surface area contributed by atoms with Crippen molar-refractivity contribution in [2.24, 2.45) is 17.6 Å². The first-order valence-corrected chi connectivity index (χ1v) is 7.69. The topological polar surface area (TPSA) is 53.1 Å². The van der Waals surface area contributed by atoms with Gasteiger partial charge in [-0.3, -0.25) is 5.41 Å². The molecule has 1 aromatic rings.